The van der Waals surface area contributed by atoms with Crippen LogP contribution in [0.2, 0.25) is 0 Å². The van der Waals surface area contributed by atoms with E-state index in [0.29, 0.717) is 0 Å². The summed E-state index contributed by atoms with van der Waals surface area (Å²) in [6, 6.07) is 7.94. The number of pyridine rings is 1. The quantitative estimate of drug-likeness (QED) is 0.687. The first kappa shape index (κ1) is 11.5. The van der Waals surface area contributed by atoms with Crippen LogP contribution in [0.25, 0.3) is 16.6 Å². The lowest BCUT2D eigenvalue weighted by Gasteiger charge is -2.15. The van der Waals surface area contributed by atoms with Gasteiger partial charge in [0.1, 0.15) is 0 Å². The van der Waals surface area contributed by atoms with Crippen LogP contribution in [-0.2, 0) is 12.8 Å². The van der Waals surface area contributed by atoms with Gasteiger partial charge in [0.15, 0.2) is 0 Å². The molecule has 2 heterocycles. The molecule has 20 heavy (non-hydrogen) atoms. The van der Waals surface area contributed by atoms with Crippen LogP contribution < -0.4 is 5.73 Å². The van der Waals surface area contributed by atoms with E-state index in [1.807, 2.05) is 30.7 Å². The first-order chi connectivity index (χ1) is 9.83. The van der Waals surface area contributed by atoms with Crippen LogP contribution in [0.5, 0.6) is 0 Å². The van der Waals surface area contributed by atoms with Crippen LogP contribution in [0.4, 0.5) is 5.69 Å². The summed E-state index contributed by atoms with van der Waals surface area (Å²) in [5, 5.41) is 1.12. The molecule has 2 N–H and O–H groups in total. The van der Waals surface area contributed by atoms with E-state index in [0.717, 1.165) is 35.1 Å². The highest BCUT2D eigenvalue weighted by atomic mass is 15.1. The second-order valence-corrected chi connectivity index (χ2v) is 5.32. The molecule has 0 fully saturated rings. The first-order valence-corrected chi connectivity index (χ1v) is 7.02. The summed E-state index contributed by atoms with van der Waals surface area (Å²) in [4.78, 5) is 8.99. The summed E-state index contributed by atoms with van der Waals surface area (Å²) in [7, 11) is 0. The number of hydrogen-bond acceptors (Lipinski definition) is 3. The number of anilines is 1. The standard InChI is InChI=1S/C16H16N4/c17-11-5-6-12-14(9-11)18-8-7-15(12)20-10-19-13-3-1-2-4-16(13)20/h5-10H,1-4,17H2. The number of nitrogens with two attached hydrogens (primary N) is 1. The number of aryl methyl sites for hydroxylation is 1. The predicted molar refractivity (Wildman–Crippen MR) is 79.9 cm³/mol. The van der Waals surface area contributed by atoms with Gasteiger partial charge in [0.25, 0.3) is 0 Å². The van der Waals surface area contributed by atoms with Gasteiger partial charge in [0.05, 0.1) is 23.2 Å². The Hall–Kier alpha value is -2.36. The molecule has 2 aromatic heterocycles. The van der Waals surface area contributed by atoms with Crippen molar-refractivity contribution < 1.29 is 0 Å². The molecule has 1 aromatic carbocycles. The Kier molecular flexibility index (Phi) is 2.49. The molecule has 100 valence electrons. The minimum atomic E-state index is 0.745. The van der Waals surface area contributed by atoms with Crippen molar-refractivity contribution in [3.05, 3.63) is 48.2 Å². The molecule has 0 saturated carbocycles. The molecular weight excluding hydrogens is 248 g/mol. The Morgan fingerprint density at radius 2 is 1.95 bits per heavy atom. The summed E-state index contributed by atoms with van der Waals surface area (Å²) >= 11 is 0. The van der Waals surface area contributed by atoms with Gasteiger partial charge in [-0.15, -0.1) is 0 Å². The van der Waals surface area contributed by atoms with E-state index in [1.54, 1.807) is 0 Å². The van der Waals surface area contributed by atoms with Crippen molar-refractivity contribution in [2.24, 2.45) is 0 Å². The normalized spacial score (nSPS) is 14.4. The Morgan fingerprint density at radius 3 is 2.90 bits per heavy atom. The maximum Gasteiger partial charge on any atom is 0.0997 e. The van der Waals surface area contributed by atoms with Gasteiger partial charge < -0.3 is 10.3 Å². The zero-order valence-electron chi connectivity index (χ0n) is 11.2. The van der Waals surface area contributed by atoms with Crippen LogP contribution in [0, 0.1) is 0 Å². The zero-order valence-corrected chi connectivity index (χ0v) is 11.2. The number of aromatic nitrogens is 3. The van der Waals surface area contributed by atoms with Gasteiger partial charge in [-0.25, -0.2) is 4.98 Å². The van der Waals surface area contributed by atoms with Crippen molar-refractivity contribution in [1.29, 1.82) is 0 Å². The highest BCUT2D eigenvalue weighted by Gasteiger charge is 2.17. The molecular formula is C16H16N4. The fourth-order valence-electron chi connectivity index (χ4n) is 3.04. The molecule has 3 aromatic rings. The summed E-state index contributed by atoms with van der Waals surface area (Å²) in [5.41, 5.74) is 11.3. The Morgan fingerprint density at radius 1 is 1.05 bits per heavy atom. The maximum absolute atomic E-state index is 5.84. The molecule has 4 heteroatoms. The van der Waals surface area contributed by atoms with Gasteiger partial charge in [0, 0.05) is 23.0 Å². The SMILES string of the molecule is Nc1ccc2c(-n3cnc4c3CCCC4)ccnc2c1. The van der Waals surface area contributed by atoms with Gasteiger partial charge in [0.2, 0.25) is 0 Å². The average molecular weight is 264 g/mol. The summed E-state index contributed by atoms with van der Waals surface area (Å²) in [6.07, 6.45) is 8.48. The number of imidazole rings is 1. The van der Waals surface area contributed by atoms with Gasteiger partial charge in [-0.1, -0.05) is 0 Å². The second kappa shape index (κ2) is 4.34. The lowest BCUT2D eigenvalue weighted by atomic mass is 10.0. The number of nitrogen functional groups attached to an aromatic ring is 1. The summed E-state index contributed by atoms with van der Waals surface area (Å²) in [5.74, 6) is 0. The number of rotatable bonds is 1. The van der Waals surface area contributed by atoms with Crippen molar-refractivity contribution in [2.45, 2.75) is 25.7 Å². The van der Waals surface area contributed by atoms with E-state index >= 15 is 0 Å². The molecule has 0 aliphatic heterocycles. The number of hydrogen-bond donors (Lipinski definition) is 1. The number of benzene rings is 1. The highest BCUT2D eigenvalue weighted by Crippen LogP contribution is 2.27. The highest BCUT2D eigenvalue weighted by molar-refractivity contribution is 5.89. The van der Waals surface area contributed by atoms with Gasteiger partial charge >= 0.3 is 0 Å². The molecule has 0 unspecified atom stereocenters. The minimum Gasteiger partial charge on any atom is -0.399 e. The predicted octanol–water partition coefficient (Wildman–Crippen LogP) is 2.88. The monoisotopic (exact) mass is 264 g/mol. The lowest BCUT2D eigenvalue weighted by Crippen LogP contribution is -2.07. The molecule has 0 radical (unpaired) electrons. The van der Waals surface area contributed by atoms with Crippen LogP contribution in [0.1, 0.15) is 24.2 Å². The maximum atomic E-state index is 5.84. The molecule has 0 atom stereocenters. The molecule has 0 spiro atoms. The summed E-state index contributed by atoms with van der Waals surface area (Å²) in [6.45, 7) is 0. The first-order valence-electron chi connectivity index (χ1n) is 7.02. The van der Waals surface area contributed by atoms with Crippen molar-refractivity contribution in [1.82, 2.24) is 14.5 Å². The number of fused-ring (bicyclic) bond motifs is 2. The second-order valence-electron chi connectivity index (χ2n) is 5.32. The average Bonchev–Trinajstić information content (AvgIpc) is 2.90. The van der Waals surface area contributed by atoms with Crippen molar-refractivity contribution in [2.75, 3.05) is 5.73 Å². The fourth-order valence-corrected chi connectivity index (χ4v) is 3.04. The van der Waals surface area contributed by atoms with Gasteiger partial charge in [-0.05, 0) is 49.9 Å². The fraction of sp³-hybridized carbons (Fsp3) is 0.250. The van der Waals surface area contributed by atoms with Crippen molar-refractivity contribution >= 4 is 16.6 Å². The van der Waals surface area contributed by atoms with Crippen LogP contribution in [0.3, 0.4) is 0 Å². The van der Waals surface area contributed by atoms with Gasteiger partial charge in [-0.3, -0.25) is 4.98 Å². The third-order valence-corrected chi connectivity index (χ3v) is 4.03. The molecule has 4 rings (SSSR count). The zero-order chi connectivity index (χ0) is 13.5. The van der Waals surface area contributed by atoms with E-state index in [1.165, 1.54) is 24.2 Å². The van der Waals surface area contributed by atoms with E-state index in [9.17, 15) is 0 Å². The van der Waals surface area contributed by atoms with E-state index < -0.39 is 0 Å². The number of nitrogens with zero attached hydrogens (tertiary/aromatic N) is 3. The van der Waals surface area contributed by atoms with E-state index in [-0.39, 0.29) is 0 Å². The molecule has 4 nitrogen and oxygen atoms in total. The molecule has 1 aliphatic carbocycles. The van der Waals surface area contributed by atoms with E-state index in [2.05, 4.69) is 20.6 Å². The molecule has 1 aliphatic rings. The molecule has 0 bridgehead atoms. The van der Waals surface area contributed by atoms with Crippen LogP contribution >= 0.6 is 0 Å². The van der Waals surface area contributed by atoms with Gasteiger partial charge in [-0.2, -0.15) is 0 Å². The third kappa shape index (κ3) is 1.68. The summed E-state index contributed by atoms with van der Waals surface area (Å²) < 4.78 is 2.22. The van der Waals surface area contributed by atoms with Crippen molar-refractivity contribution in [3.63, 3.8) is 0 Å². The third-order valence-electron chi connectivity index (χ3n) is 4.03. The van der Waals surface area contributed by atoms with E-state index in [4.69, 9.17) is 5.73 Å². The molecule has 0 saturated heterocycles. The molecule has 0 amide bonds. The largest absolute Gasteiger partial charge is 0.399 e. The smallest absolute Gasteiger partial charge is 0.0997 e. The topological polar surface area (TPSA) is 56.7 Å². The Labute approximate surface area is 117 Å². The van der Waals surface area contributed by atoms with Crippen molar-refractivity contribution in [3.8, 4) is 5.69 Å². The van der Waals surface area contributed by atoms with Crippen LogP contribution in [0.15, 0.2) is 36.8 Å². The van der Waals surface area contributed by atoms with Crippen LogP contribution in [-0.4, -0.2) is 14.5 Å². The Balaban J connectivity index is 1.96. The Bertz CT molecular complexity index is 788. The lowest BCUT2D eigenvalue weighted by molar-refractivity contribution is 0.656. The minimum absolute atomic E-state index is 0.745.